The van der Waals surface area contributed by atoms with Gasteiger partial charge in [-0.2, -0.15) is 0 Å². The number of hydrogen-bond donors (Lipinski definition) is 2. The van der Waals surface area contributed by atoms with E-state index in [1.807, 2.05) is 0 Å². The molecule has 1 aromatic rings. The van der Waals surface area contributed by atoms with Crippen LogP contribution < -0.4 is 0 Å². The van der Waals surface area contributed by atoms with E-state index in [1.54, 1.807) is 0 Å². The lowest BCUT2D eigenvalue weighted by Crippen LogP contribution is -2.50. The first-order valence-electron chi connectivity index (χ1n) is 5.78. The first-order chi connectivity index (χ1) is 9.83. The number of rotatable bonds is 2. The molecule has 1 unspecified atom stereocenters. The van der Waals surface area contributed by atoms with E-state index in [2.05, 4.69) is 9.78 Å². The molecular weight excluding hydrogens is 284 g/mol. The summed E-state index contributed by atoms with van der Waals surface area (Å²) in [6.07, 6.45) is 0. The molecule has 0 saturated heterocycles. The Morgan fingerprint density at radius 2 is 1.86 bits per heavy atom. The molecule has 21 heavy (non-hydrogen) atoms. The minimum absolute atomic E-state index is 0.0876. The number of hydrogen-bond acceptors (Lipinski definition) is 8. The zero-order valence-corrected chi connectivity index (χ0v) is 10.8. The van der Waals surface area contributed by atoms with Crippen molar-refractivity contribution in [3.63, 3.8) is 0 Å². The second-order valence-electron chi connectivity index (χ2n) is 4.35. The summed E-state index contributed by atoms with van der Waals surface area (Å²) < 4.78 is 0. The fourth-order valence-corrected chi connectivity index (χ4v) is 1.99. The Bertz CT molecular complexity index is 662. The molecule has 1 aromatic carbocycles. The quantitative estimate of drug-likeness (QED) is 0.408. The molecule has 2 rings (SSSR count). The number of carbonyl (C=O) groups excluding carboxylic acids is 4. The average Bonchev–Trinajstić information content (AvgIpc) is 2.68. The van der Waals surface area contributed by atoms with Gasteiger partial charge in [-0.15, -0.1) is 0 Å². The summed E-state index contributed by atoms with van der Waals surface area (Å²) in [6, 6.07) is 4.31. The summed E-state index contributed by atoms with van der Waals surface area (Å²) in [5.74, 6) is -5.37. The Morgan fingerprint density at radius 1 is 1.19 bits per heavy atom. The number of aryl methyl sites for hydroxylation is 1. The van der Waals surface area contributed by atoms with Crippen LogP contribution in [0.15, 0.2) is 18.2 Å². The largest absolute Gasteiger partial charge is 0.403 e. The van der Waals surface area contributed by atoms with Gasteiger partial charge in [0.25, 0.3) is 5.60 Å². The van der Waals surface area contributed by atoms with Crippen molar-refractivity contribution < 1.29 is 39.2 Å². The van der Waals surface area contributed by atoms with Crippen LogP contribution in [0.1, 0.15) is 26.3 Å². The van der Waals surface area contributed by atoms with E-state index in [-0.39, 0.29) is 11.1 Å². The van der Waals surface area contributed by atoms with Gasteiger partial charge in [0.05, 0.1) is 0 Å². The highest BCUT2D eigenvalue weighted by Gasteiger charge is 2.60. The molecule has 1 aliphatic rings. The van der Waals surface area contributed by atoms with Gasteiger partial charge in [-0.25, -0.2) is 19.4 Å². The molecule has 0 bridgehead atoms. The number of Topliss-reactive ketones (excluding diaryl/α,β-unsaturated/α-hetero) is 2. The highest BCUT2D eigenvalue weighted by atomic mass is 17.2. The van der Waals surface area contributed by atoms with Gasteiger partial charge in [-0.05, 0) is 12.5 Å². The number of benzene rings is 1. The zero-order chi connectivity index (χ0) is 15.8. The molecule has 2 N–H and O–H groups in total. The van der Waals surface area contributed by atoms with Crippen LogP contribution in [0.2, 0.25) is 0 Å². The third-order valence-electron chi connectivity index (χ3n) is 3.04. The lowest BCUT2D eigenvalue weighted by molar-refractivity contribution is -0.266. The van der Waals surface area contributed by atoms with Crippen molar-refractivity contribution in [1.82, 2.24) is 0 Å². The maximum Gasteiger partial charge on any atom is 0.403 e. The SMILES string of the molecule is Cc1cccc2c1C(=O)C(O)(C(=O)OOC(=O)CO)C2=O. The normalized spacial score (nSPS) is 20.1. The van der Waals surface area contributed by atoms with E-state index in [9.17, 15) is 24.3 Å². The molecule has 1 atom stereocenters. The molecule has 0 saturated carbocycles. The minimum atomic E-state index is -3.09. The monoisotopic (exact) mass is 294 g/mol. The third-order valence-corrected chi connectivity index (χ3v) is 3.04. The van der Waals surface area contributed by atoms with Crippen molar-refractivity contribution >= 4 is 23.5 Å². The highest BCUT2D eigenvalue weighted by Crippen LogP contribution is 2.33. The van der Waals surface area contributed by atoms with Crippen LogP contribution in [0.25, 0.3) is 0 Å². The van der Waals surface area contributed by atoms with Gasteiger partial charge in [0, 0.05) is 11.1 Å². The summed E-state index contributed by atoms with van der Waals surface area (Å²) in [5.41, 5.74) is -2.89. The second kappa shape index (κ2) is 5.08. The van der Waals surface area contributed by atoms with E-state index in [0.717, 1.165) is 0 Å². The molecule has 110 valence electrons. The van der Waals surface area contributed by atoms with Crippen LogP contribution in [-0.2, 0) is 19.4 Å². The molecule has 8 nitrogen and oxygen atoms in total. The average molecular weight is 294 g/mol. The number of ketones is 2. The number of aliphatic hydroxyl groups is 2. The summed E-state index contributed by atoms with van der Waals surface area (Å²) in [4.78, 5) is 54.4. The van der Waals surface area contributed by atoms with Crippen LogP contribution in [0.3, 0.4) is 0 Å². The smallest absolute Gasteiger partial charge is 0.384 e. The van der Waals surface area contributed by atoms with Gasteiger partial charge in [-0.1, -0.05) is 18.2 Å². The Hall–Kier alpha value is -2.58. The topological polar surface area (TPSA) is 127 Å². The molecule has 1 aliphatic carbocycles. The van der Waals surface area contributed by atoms with Crippen molar-refractivity contribution in [2.45, 2.75) is 12.5 Å². The van der Waals surface area contributed by atoms with Gasteiger partial charge < -0.3 is 10.2 Å². The Labute approximate surface area is 117 Å². The van der Waals surface area contributed by atoms with E-state index < -0.39 is 35.7 Å². The van der Waals surface area contributed by atoms with Crippen LogP contribution >= 0.6 is 0 Å². The molecule has 0 radical (unpaired) electrons. The standard InChI is InChI=1S/C13H10O8/c1-6-3-2-4-7-9(6)11(17)13(19,10(7)16)12(18)21-20-8(15)5-14/h2-4,14,19H,5H2,1H3. The fraction of sp³-hybridized carbons (Fsp3) is 0.231. The van der Waals surface area contributed by atoms with Crippen LogP contribution in [0, 0.1) is 6.92 Å². The Morgan fingerprint density at radius 3 is 2.43 bits per heavy atom. The van der Waals surface area contributed by atoms with Crippen molar-refractivity contribution in [1.29, 1.82) is 0 Å². The summed E-state index contributed by atoms with van der Waals surface area (Å²) in [7, 11) is 0. The van der Waals surface area contributed by atoms with Gasteiger partial charge in [0.15, 0.2) is 0 Å². The second-order valence-corrected chi connectivity index (χ2v) is 4.35. The molecular formula is C13H10O8. The summed E-state index contributed by atoms with van der Waals surface area (Å²) >= 11 is 0. The predicted octanol–water partition coefficient (Wildman–Crippen LogP) is -0.901. The lowest BCUT2D eigenvalue weighted by atomic mass is 9.98. The van der Waals surface area contributed by atoms with Gasteiger partial charge in [-0.3, -0.25) is 9.59 Å². The van der Waals surface area contributed by atoms with Crippen molar-refractivity contribution in [3.05, 3.63) is 34.9 Å². The van der Waals surface area contributed by atoms with Crippen LogP contribution in [0.4, 0.5) is 0 Å². The molecule has 0 spiro atoms. The lowest BCUT2D eigenvalue weighted by Gasteiger charge is -2.15. The van der Waals surface area contributed by atoms with Crippen LogP contribution in [0.5, 0.6) is 0 Å². The van der Waals surface area contributed by atoms with E-state index in [1.165, 1.54) is 25.1 Å². The number of aliphatic hydroxyl groups excluding tert-OH is 1. The minimum Gasteiger partial charge on any atom is -0.384 e. The maximum atomic E-state index is 12.1. The van der Waals surface area contributed by atoms with Gasteiger partial charge in [0.1, 0.15) is 6.61 Å². The number of carbonyl (C=O) groups is 4. The highest BCUT2D eigenvalue weighted by molar-refractivity contribution is 6.41. The third kappa shape index (κ3) is 2.10. The summed E-state index contributed by atoms with van der Waals surface area (Å²) in [5, 5.41) is 18.5. The Kier molecular flexibility index (Phi) is 3.58. The summed E-state index contributed by atoms with van der Waals surface area (Å²) in [6.45, 7) is 0.458. The molecule has 0 aliphatic heterocycles. The number of fused-ring (bicyclic) bond motifs is 1. The molecule has 0 fully saturated rings. The van der Waals surface area contributed by atoms with E-state index >= 15 is 0 Å². The zero-order valence-electron chi connectivity index (χ0n) is 10.8. The van der Waals surface area contributed by atoms with Gasteiger partial charge in [0.2, 0.25) is 11.6 Å². The molecule has 0 aromatic heterocycles. The first kappa shape index (κ1) is 14.8. The molecule has 0 heterocycles. The van der Waals surface area contributed by atoms with Crippen molar-refractivity contribution in [2.24, 2.45) is 0 Å². The predicted molar refractivity (Wildman–Crippen MR) is 64.1 cm³/mol. The fourth-order valence-electron chi connectivity index (χ4n) is 1.99. The van der Waals surface area contributed by atoms with Gasteiger partial charge >= 0.3 is 11.9 Å². The van der Waals surface area contributed by atoms with Crippen molar-refractivity contribution in [3.8, 4) is 0 Å². The first-order valence-corrected chi connectivity index (χ1v) is 5.78. The maximum absolute atomic E-state index is 12.1. The van der Waals surface area contributed by atoms with Crippen LogP contribution in [-0.4, -0.2) is 45.9 Å². The molecule has 8 heteroatoms. The van der Waals surface area contributed by atoms with E-state index in [4.69, 9.17) is 5.11 Å². The Balaban J connectivity index is 2.35. The molecule has 0 amide bonds. The van der Waals surface area contributed by atoms with Crippen molar-refractivity contribution in [2.75, 3.05) is 6.61 Å². The van der Waals surface area contributed by atoms with E-state index in [0.29, 0.717) is 5.56 Å².